The standard InChI is InChI=1S/C19H23N3O5/c1-3-26-18(23)14-4-5-16(20-12-14)22-9-7-21(8-10-22)13-15-6-11-27-17(15)19(24)25-2/h4-6,11-12H,3,7-10,13H2,1-2H3. The minimum atomic E-state index is -0.459. The molecule has 1 aliphatic rings. The van der Waals surface area contributed by atoms with Gasteiger partial charge in [0, 0.05) is 44.5 Å². The van der Waals surface area contributed by atoms with Crippen molar-refractivity contribution in [3.8, 4) is 0 Å². The lowest BCUT2D eigenvalue weighted by molar-refractivity contribution is 0.0524. The summed E-state index contributed by atoms with van der Waals surface area (Å²) in [6, 6.07) is 5.38. The molecule has 0 bridgehead atoms. The molecular weight excluding hydrogens is 350 g/mol. The van der Waals surface area contributed by atoms with E-state index in [9.17, 15) is 9.59 Å². The van der Waals surface area contributed by atoms with Crippen molar-refractivity contribution in [1.82, 2.24) is 9.88 Å². The zero-order chi connectivity index (χ0) is 19.2. The van der Waals surface area contributed by atoms with E-state index in [2.05, 4.69) is 14.8 Å². The summed E-state index contributed by atoms with van der Waals surface area (Å²) in [4.78, 5) is 32.2. The maximum Gasteiger partial charge on any atom is 0.374 e. The minimum Gasteiger partial charge on any atom is -0.463 e. The summed E-state index contributed by atoms with van der Waals surface area (Å²) < 4.78 is 15.0. The van der Waals surface area contributed by atoms with Gasteiger partial charge in [0.2, 0.25) is 5.76 Å². The van der Waals surface area contributed by atoms with Crippen LogP contribution in [0.2, 0.25) is 0 Å². The summed E-state index contributed by atoms with van der Waals surface area (Å²) in [6.07, 6.45) is 3.06. The number of aromatic nitrogens is 1. The van der Waals surface area contributed by atoms with Gasteiger partial charge in [0.25, 0.3) is 0 Å². The summed E-state index contributed by atoms with van der Waals surface area (Å²) >= 11 is 0. The molecule has 0 spiro atoms. The molecule has 0 amide bonds. The predicted molar refractivity (Wildman–Crippen MR) is 97.7 cm³/mol. The number of pyridine rings is 1. The van der Waals surface area contributed by atoms with Crippen LogP contribution in [0.3, 0.4) is 0 Å². The predicted octanol–water partition coefficient (Wildman–Crippen LogP) is 1.96. The first kappa shape index (κ1) is 18.9. The fourth-order valence-electron chi connectivity index (χ4n) is 3.02. The highest BCUT2D eigenvalue weighted by atomic mass is 16.5. The number of rotatable bonds is 6. The highest BCUT2D eigenvalue weighted by molar-refractivity contribution is 5.89. The Labute approximate surface area is 157 Å². The van der Waals surface area contributed by atoms with Gasteiger partial charge in [0.1, 0.15) is 5.82 Å². The maximum absolute atomic E-state index is 11.7. The fourth-order valence-corrected chi connectivity index (χ4v) is 3.02. The average Bonchev–Trinajstić information content (AvgIpc) is 3.16. The Kier molecular flexibility index (Phi) is 6.08. The van der Waals surface area contributed by atoms with E-state index < -0.39 is 5.97 Å². The Balaban J connectivity index is 1.55. The number of hydrogen-bond donors (Lipinski definition) is 0. The quantitative estimate of drug-likeness (QED) is 0.711. The third-order valence-electron chi connectivity index (χ3n) is 4.47. The lowest BCUT2D eigenvalue weighted by atomic mass is 10.2. The molecule has 1 aliphatic heterocycles. The van der Waals surface area contributed by atoms with Crippen molar-refractivity contribution >= 4 is 17.8 Å². The molecule has 0 aromatic carbocycles. The van der Waals surface area contributed by atoms with Gasteiger partial charge in [-0.3, -0.25) is 4.90 Å². The van der Waals surface area contributed by atoms with Crippen molar-refractivity contribution in [2.75, 3.05) is 44.8 Å². The number of hydrogen-bond acceptors (Lipinski definition) is 8. The van der Waals surface area contributed by atoms with Crippen molar-refractivity contribution < 1.29 is 23.5 Å². The normalized spacial score (nSPS) is 14.8. The van der Waals surface area contributed by atoms with Crippen molar-refractivity contribution in [3.63, 3.8) is 0 Å². The van der Waals surface area contributed by atoms with Crippen LogP contribution in [0.15, 0.2) is 35.1 Å². The Morgan fingerprint density at radius 2 is 1.93 bits per heavy atom. The van der Waals surface area contributed by atoms with Gasteiger partial charge in [-0.25, -0.2) is 14.6 Å². The van der Waals surface area contributed by atoms with Gasteiger partial charge in [-0.1, -0.05) is 0 Å². The van der Waals surface area contributed by atoms with Crippen molar-refractivity contribution in [2.45, 2.75) is 13.5 Å². The van der Waals surface area contributed by atoms with Crippen LogP contribution >= 0.6 is 0 Å². The van der Waals surface area contributed by atoms with E-state index in [0.29, 0.717) is 18.7 Å². The molecule has 1 fully saturated rings. The van der Waals surface area contributed by atoms with Gasteiger partial charge in [0.05, 0.1) is 25.5 Å². The Morgan fingerprint density at radius 3 is 2.56 bits per heavy atom. The second-order valence-corrected chi connectivity index (χ2v) is 6.16. The molecule has 3 heterocycles. The van der Waals surface area contributed by atoms with E-state index in [-0.39, 0.29) is 11.7 Å². The lowest BCUT2D eigenvalue weighted by Gasteiger charge is -2.35. The first-order chi connectivity index (χ1) is 13.1. The van der Waals surface area contributed by atoms with Crippen molar-refractivity contribution in [2.24, 2.45) is 0 Å². The highest BCUT2D eigenvalue weighted by Crippen LogP contribution is 2.18. The molecule has 3 rings (SSSR count). The first-order valence-corrected chi connectivity index (χ1v) is 8.87. The van der Waals surface area contributed by atoms with Gasteiger partial charge in [-0.2, -0.15) is 0 Å². The first-order valence-electron chi connectivity index (χ1n) is 8.87. The van der Waals surface area contributed by atoms with Gasteiger partial charge in [-0.05, 0) is 25.1 Å². The molecule has 8 nitrogen and oxygen atoms in total. The summed E-state index contributed by atoms with van der Waals surface area (Å²) in [5, 5.41) is 0. The smallest absolute Gasteiger partial charge is 0.374 e. The van der Waals surface area contributed by atoms with Crippen LogP contribution in [0.25, 0.3) is 0 Å². The molecule has 8 heteroatoms. The summed E-state index contributed by atoms with van der Waals surface area (Å²) in [5.41, 5.74) is 1.28. The van der Waals surface area contributed by atoms with Crippen LogP contribution in [0.4, 0.5) is 5.82 Å². The minimum absolute atomic E-state index is 0.260. The summed E-state index contributed by atoms with van der Waals surface area (Å²) in [5.74, 6) is 0.278. The van der Waals surface area contributed by atoms with Gasteiger partial charge >= 0.3 is 11.9 Å². The van der Waals surface area contributed by atoms with Crippen molar-refractivity contribution in [3.05, 3.63) is 47.5 Å². The SMILES string of the molecule is CCOC(=O)c1ccc(N2CCN(Cc3ccoc3C(=O)OC)CC2)nc1. The molecule has 0 aliphatic carbocycles. The largest absolute Gasteiger partial charge is 0.463 e. The number of carbonyl (C=O) groups excluding carboxylic acids is 2. The molecule has 2 aromatic rings. The number of methoxy groups -OCH3 is 1. The molecule has 0 radical (unpaired) electrons. The number of carbonyl (C=O) groups is 2. The van der Waals surface area contributed by atoms with E-state index in [0.717, 1.165) is 37.6 Å². The van der Waals surface area contributed by atoms with Crippen LogP contribution in [0.5, 0.6) is 0 Å². The lowest BCUT2D eigenvalue weighted by Crippen LogP contribution is -2.46. The van der Waals surface area contributed by atoms with Gasteiger partial charge < -0.3 is 18.8 Å². The number of esters is 2. The molecule has 2 aromatic heterocycles. The summed E-state index contributed by atoms with van der Waals surface area (Å²) in [7, 11) is 1.34. The molecule has 144 valence electrons. The van der Waals surface area contributed by atoms with Gasteiger partial charge in [0.15, 0.2) is 0 Å². The molecular formula is C19H23N3O5. The van der Waals surface area contributed by atoms with Crippen LogP contribution in [-0.2, 0) is 16.0 Å². The fraction of sp³-hybridized carbons (Fsp3) is 0.421. The molecule has 1 saturated heterocycles. The Morgan fingerprint density at radius 1 is 1.15 bits per heavy atom. The average molecular weight is 373 g/mol. The third kappa shape index (κ3) is 4.46. The topological polar surface area (TPSA) is 85.1 Å². The zero-order valence-corrected chi connectivity index (χ0v) is 15.5. The van der Waals surface area contributed by atoms with Crippen LogP contribution in [0, 0.1) is 0 Å². The number of piperazine rings is 1. The molecule has 0 unspecified atom stereocenters. The van der Waals surface area contributed by atoms with Gasteiger partial charge in [-0.15, -0.1) is 0 Å². The van der Waals surface area contributed by atoms with E-state index in [1.165, 1.54) is 13.4 Å². The number of anilines is 1. The highest BCUT2D eigenvalue weighted by Gasteiger charge is 2.22. The summed E-state index contributed by atoms with van der Waals surface area (Å²) in [6.45, 7) is 6.01. The molecule has 0 atom stereocenters. The van der Waals surface area contributed by atoms with Crippen LogP contribution in [-0.4, -0.2) is 61.7 Å². The van der Waals surface area contributed by atoms with Crippen LogP contribution in [0.1, 0.15) is 33.4 Å². The molecule has 27 heavy (non-hydrogen) atoms. The van der Waals surface area contributed by atoms with E-state index in [4.69, 9.17) is 13.9 Å². The third-order valence-corrected chi connectivity index (χ3v) is 4.47. The second kappa shape index (κ2) is 8.68. The maximum atomic E-state index is 11.7. The van der Waals surface area contributed by atoms with Crippen LogP contribution < -0.4 is 4.90 Å². The van der Waals surface area contributed by atoms with E-state index in [1.54, 1.807) is 25.3 Å². The number of nitrogens with zero attached hydrogens (tertiary/aromatic N) is 3. The second-order valence-electron chi connectivity index (χ2n) is 6.16. The van der Waals surface area contributed by atoms with Crippen molar-refractivity contribution in [1.29, 1.82) is 0 Å². The van der Waals surface area contributed by atoms with E-state index in [1.807, 2.05) is 6.07 Å². The zero-order valence-electron chi connectivity index (χ0n) is 15.5. The Hall–Kier alpha value is -2.87. The number of ether oxygens (including phenoxy) is 2. The molecule has 0 saturated carbocycles. The number of furan rings is 1. The Bertz CT molecular complexity index is 779. The monoisotopic (exact) mass is 373 g/mol. The molecule has 0 N–H and O–H groups in total. The van der Waals surface area contributed by atoms with E-state index >= 15 is 0 Å².